The molecule has 0 aromatic heterocycles. The van der Waals surface area contributed by atoms with E-state index in [-0.39, 0.29) is 4.90 Å². The van der Waals surface area contributed by atoms with Gasteiger partial charge in [0.2, 0.25) is 0 Å². The van der Waals surface area contributed by atoms with Crippen molar-refractivity contribution in [1.29, 1.82) is 0 Å². The van der Waals surface area contributed by atoms with Gasteiger partial charge in [-0.3, -0.25) is 0 Å². The second-order valence-electron chi connectivity index (χ2n) is 5.12. The fourth-order valence-corrected chi connectivity index (χ4v) is 3.46. The van der Waals surface area contributed by atoms with Crippen molar-refractivity contribution >= 4 is 15.7 Å². The number of nitrogens with zero attached hydrogens (tertiary/aromatic N) is 1. The SMILES string of the molecule is Cc1ccc(S(=O)(=O)NN=C2[C@@H]3C=C[C@@H]2CC3)cc1. The second-order valence-corrected chi connectivity index (χ2v) is 6.78. The van der Waals surface area contributed by atoms with E-state index in [0.717, 1.165) is 24.1 Å². The molecule has 2 aliphatic carbocycles. The van der Waals surface area contributed by atoms with E-state index in [1.165, 1.54) is 0 Å². The first-order valence-electron chi connectivity index (χ1n) is 6.40. The second kappa shape index (κ2) is 4.49. The maximum atomic E-state index is 12.1. The zero-order chi connectivity index (χ0) is 13.5. The molecule has 1 saturated carbocycles. The Balaban J connectivity index is 1.80. The number of hydrazone groups is 1. The van der Waals surface area contributed by atoms with Gasteiger partial charge in [0.05, 0.1) is 10.6 Å². The van der Waals surface area contributed by atoms with E-state index >= 15 is 0 Å². The number of nitrogens with one attached hydrogen (secondary N) is 1. The Morgan fingerprint density at radius 2 is 1.68 bits per heavy atom. The van der Waals surface area contributed by atoms with Crippen molar-refractivity contribution < 1.29 is 8.42 Å². The Bertz CT molecular complexity index is 629. The van der Waals surface area contributed by atoms with Crippen LogP contribution in [0.3, 0.4) is 0 Å². The number of hydrogen-bond donors (Lipinski definition) is 1. The van der Waals surface area contributed by atoms with Gasteiger partial charge in [-0.05, 0) is 31.9 Å². The van der Waals surface area contributed by atoms with Crippen LogP contribution in [-0.2, 0) is 10.0 Å². The summed E-state index contributed by atoms with van der Waals surface area (Å²) in [4.78, 5) is 2.61. The van der Waals surface area contributed by atoms with Crippen molar-refractivity contribution in [2.24, 2.45) is 16.9 Å². The van der Waals surface area contributed by atoms with Crippen molar-refractivity contribution in [3.63, 3.8) is 0 Å². The Morgan fingerprint density at radius 1 is 1.11 bits per heavy atom. The molecule has 1 aromatic carbocycles. The van der Waals surface area contributed by atoms with Crippen molar-refractivity contribution in [2.75, 3.05) is 0 Å². The summed E-state index contributed by atoms with van der Waals surface area (Å²) in [5.41, 5.74) is 1.99. The fourth-order valence-electron chi connectivity index (χ4n) is 2.64. The number of allylic oxidation sites excluding steroid dienone is 2. The summed E-state index contributed by atoms with van der Waals surface area (Å²) in [7, 11) is -3.55. The lowest BCUT2D eigenvalue weighted by Crippen LogP contribution is -2.21. The molecular formula is C14H16N2O2S. The van der Waals surface area contributed by atoms with Crippen LogP contribution in [0.4, 0.5) is 0 Å². The molecule has 0 unspecified atom stereocenters. The minimum absolute atomic E-state index is 0.251. The fraction of sp³-hybridized carbons (Fsp3) is 0.357. The third-order valence-electron chi connectivity index (χ3n) is 3.75. The molecule has 0 saturated heterocycles. The highest BCUT2D eigenvalue weighted by atomic mass is 32.2. The predicted molar refractivity (Wildman–Crippen MR) is 74.3 cm³/mol. The molecule has 0 radical (unpaired) electrons. The zero-order valence-corrected chi connectivity index (χ0v) is 11.5. The lowest BCUT2D eigenvalue weighted by Gasteiger charge is -2.07. The van der Waals surface area contributed by atoms with Gasteiger partial charge in [-0.2, -0.15) is 13.5 Å². The smallest absolute Gasteiger partial charge is 0.200 e. The summed E-state index contributed by atoms with van der Waals surface area (Å²) in [6.07, 6.45) is 6.39. The quantitative estimate of drug-likeness (QED) is 0.680. The molecule has 0 aliphatic heterocycles. The van der Waals surface area contributed by atoms with Crippen LogP contribution in [0.1, 0.15) is 18.4 Å². The largest absolute Gasteiger partial charge is 0.276 e. The van der Waals surface area contributed by atoms with Crippen LogP contribution in [0.15, 0.2) is 46.4 Å². The lowest BCUT2D eigenvalue weighted by atomic mass is 10.1. The Labute approximate surface area is 113 Å². The maximum Gasteiger partial charge on any atom is 0.276 e. The molecule has 4 nitrogen and oxygen atoms in total. The normalized spacial score (nSPS) is 24.8. The van der Waals surface area contributed by atoms with Crippen LogP contribution in [0.2, 0.25) is 0 Å². The number of sulfonamides is 1. The van der Waals surface area contributed by atoms with Gasteiger partial charge in [0.15, 0.2) is 0 Å². The van der Waals surface area contributed by atoms with Gasteiger partial charge in [0.25, 0.3) is 10.0 Å². The zero-order valence-electron chi connectivity index (χ0n) is 10.7. The van der Waals surface area contributed by atoms with Gasteiger partial charge in [0.1, 0.15) is 0 Å². The van der Waals surface area contributed by atoms with E-state index in [9.17, 15) is 8.42 Å². The van der Waals surface area contributed by atoms with Crippen molar-refractivity contribution in [2.45, 2.75) is 24.7 Å². The molecule has 0 spiro atoms. The van der Waals surface area contributed by atoms with E-state index in [4.69, 9.17) is 0 Å². The molecule has 3 rings (SSSR count). The van der Waals surface area contributed by atoms with Crippen LogP contribution >= 0.6 is 0 Å². The van der Waals surface area contributed by atoms with E-state index < -0.39 is 10.0 Å². The molecule has 2 atom stereocenters. The highest BCUT2D eigenvalue weighted by Crippen LogP contribution is 2.36. The van der Waals surface area contributed by atoms with Crippen molar-refractivity contribution in [3.8, 4) is 0 Å². The van der Waals surface area contributed by atoms with Gasteiger partial charge in [-0.25, -0.2) is 4.83 Å². The summed E-state index contributed by atoms with van der Waals surface area (Å²) >= 11 is 0. The molecule has 2 bridgehead atoms. The molecule has 0 amide bonds. The Kier molecular flexibility index (Phi) is 2.93. The molecule has 2 aliphatic rings. The van der Waals surface area contributed by atoms with E-state index in [1.807, 2.05) is 6.92 Å². The summed E-state index contributed by atoms with van der Waals surface area (Å²) in [6, 6.07) is 6.75. The monoisotopic (exact) mass is 276 g/mol. The molecule has 100 valence electrons. The summed E-state index contributed by atoms with van der Waals surface area (Å²) in [5, 5.41) is 4.13. The summed E-state index contributed by atoms with van der Waals surface area (Å²) in [5.74, 6) is 0.649. The van der Waals surface area contributed by atoms with Crippen LogP contribution in [-0.4, -0.2) is 14.1 Å². The first-order valence-corrected chi connectivity index (χ1v) is 7.89. The van der Waals surface area contributed by atoms with Crippen molar-refractivity contribution in [1.82, 2.24) is 4.83 Å². The number of fused-ring (bicyclic) bond motifs is 2. The number of hydrogen-bond acceptors (Lipinski definition) is 3. The highest BCUT2D eigenvalue weighted by molar-refractivity contribution is 7.89. The molecule has 1 aromatic rings. The molecule has 19 heavy (non-hydrogen) atoms. The van der Waals surface area contributed by atoms with Gasteiger partial charge in [-0.1, -0.05) is 29.8 Å². The van der Waals surface area contributed by atoms with E-state index in [2.05, 4.69) is 22.1 Å². The van der Waals surface area contributed by atoms with Gasteiger partial charge < -0.3 is 0 Å². The average molecular weight is 276 g/mol. The van der Waals surface area contributed by atoms with Crippen LogP contribution in [0.5, 0.6) is 0 Å². The van der Waals surface area contributed by atoms with E-state index in [1.54, 1.807) is 24.3 Å². The molecule has 1 N–H and O–H groups in total. The first-order chi connectivity index (χ1) is 9.06. The topological polar surface area (TPSA) is 58.5 Å². The number of rotatable bonds is 3. The van der Waals surface area contributed by atoms with Crippen LogP contribution in [0.25, 0.3) is 0 Å². The highest BCUT2D eigenvalue weighted by Gasteiger charge is 2.34. The summed E-state index contributed by atoms with van der Waals surface area (Å²) < 4.78 is 24.2. The third-order valence-corrected chi connectivity index (χ3v) is 4.97. The molecule has 0 heterocycles. The predicted octanol–water partition coefficient (Wildman–Crippen LogP) is 2.23. The molecule has 5 heteroatoms. The summed E-state index contributed by atoms with van der Waals surface area (Å²) in [6.45, 7) is 1.92. The maximum absolute atomic E-state index is 12.1. The molecule has 1 fully saturated rings. The third kappa shape index (κ3) is 2.30. The number of aryl methyl sites for hydroxylation is 1. The van der Waals surface area contributed by atoms with Crippen molar-refractivity contribution in [3.05, 3.63) is 42.0 Å². The minimum Gasteiger partial charge on any atom is -0.200 e. The van der Waals surface area contributed by atoms with Crippen LogP contribution < -0.4 is 4.83 Å². The van der Waals surface area contributed by atoms with E-state index in [0.29, 0.717) is 11.8 Å². The van der Waals surface area contributed by atoms with Gasteiger partial charge in [0, 0.05) is 11.8 Å². The standard InChI is InChI=1S/C14H16N2O2S/c1-10-2-8-13(9-3-10)19(17,18)16-15-14-11-4-5-12(14)7-6-11/h2-5,8-9,11-12,16H,6-7H2,1H3/t11-,12-/m1/s1. The Hall–Kier alpha value is -1.62. The lowest BCUT2D eigenvalue weighted by molar-refractivity contribution is 0.584. The van der Waals surface area contributed by atoms with Gasteiger partial charge >= 0.3 is 0 Å². The molecular weight excluding hydrogens is 260 g/mol. The van der Waals surface area contributed by atoms with Crippen LogP contribution in [0, 0.1) is 18.8 Å². The Morgan fingerprint density at radius 3 is 2.21 bits per heavy atom. The van der Waals surface area contributed by atoms with Gasteiger partial charge in [-0.15, -0.1) is 0 Å². The first kappa shape index (κ1) is 12.4. The minimum atomic E-state index is -3.55. The number of benzene rings is 1. The average Bonchev–Trinajstić information content (AvgIpc) is 2.96.